The number of ether oxygens (including phenoxy) is 2. The third-order valence-electron chi connectivity index (χ3n) is 5.71. The second-order valence-electron chi connectivity index (χ2n) is 8.57. The van der Waals surface area contributed by atoms with Crippen LogP contribution in [0.1, 0.15) is 45.7 Å². The molecule has 188 valence electrons. The Balaban J connectivity index is 1.33. The Morgan fingerprint density at radius 3 is 2.43 bits per heavy atom. The molecule has 0 saturated heterocycles. The highest BCUT2D eigenvalue weighted by Crippen LogP contribution is 2.23. The molecule has 8 nitrogen and oxygen atoms in total. The molecule has 4 rings (SSSR count). The number of benzene rings is 3. The highest BCUT2D eigenvalue weighted by atomic mass is 16.5. The lowest BCUT2D eigenvalue weighted by atomic mass is 10.1. The molecule has 1 amide bonds. The lowest BCUT2D eigenvalue weighted by Gasteiger charge is -2.14. The molecule has 0 aliphatic heterocycles. The topological polar surface area (TPSA) is 112 Å². The van der Waals surface area contributed by atoms with Crippen LogP contribution in [0, 0.1) is 6.92 Å². The van der Waals surface area contributed by atoms with Crippen LogP contribution < -0.4 is 15.7 Å². The Morgan fingerprint density at radius 1 is 0.946 bits per heavy atom. The van der Waals surface area contributed by atoms with Crippen LogP contribution in [0.2, 0.25) is 0 Å². The number of amides is 1. The zero-order chi connectivity index (χ0) is 26.5. The van der Waals surface area contributed by atoms with Gasteiger partial charge in [0.15, 0.2) is 11.9 Å². The van der Waals surface area contributed by atoms with Crippen molar-refractivity contribution in [3.8, 4) is 5.75 Å². The van der Waals surface area contributed by atoms with Gasteiger partial charge in [-0.1, -0.05) is 24.3 Å². The average Bonchev–Trinajstić information content (AvgIpc) is 2.87. The molecule has 4 aromatic rings. The number of Topliss-reactive ketones (excluding diaryl/α,β-unsaturated/α-hetero) is 1. The van der Waals surface area contributed by atoms with E-state index in [-0.39, 0.29) is 18.0 Å². The normalized spacial score (nSPS) is 11.5. The number of hydrogen-bond acceptors (Lipinski definition) is 7. The van der Waals surface area contributed by atoms with Crippen LogP contribution >= 0.6 is 0 Å². The Morgan fingerprint density at radius 2 is 1.70 bits per heavy atom. The smallest absolute Gasteiger partial charge is 0.338 e. The maximum Gasteiger partial charge on any atom is 0.338 e. The van der Waals surface area contributed by atoms with E-state index in [0.717, 1.165) is 16.5 Å². The van der Waals surface area contributed by atoms with E-state index in [9.17, 15) is 19.2 Å². The first-order valence-corrected chi connectivity index (χ1v) is 11.6. The molecule has 1 unspecified atom stereocenters. The molecule has 0 fully saturated rings. The highest BCUT2D eigenvalue weighted by molar-refractivity contribution is 5.99. The Bertz CT molecular complexity index is 1540. The van der Waals surface area contributed by atoms with Crippen molar-refractivity contribution in [2.45, 2.75) is 33.5 Å². The van der Waals surface area contributed by atoms with Crippen molar-refractivity contribution in [3.63, 3.8) is 0 Å². The lowest BCUT2D eigenvalue weighted by molar-refractivity contribution is -0.123. The largest absolute Gasteiger partial charge is 0.489 e. The average molecular weight is 500 g/mol. The summed E-state index contributed by atoms with van der Waals surface area (Å²) in [5.74, 6) is -0.739. The number of nitrogens with one attached hydrogen (secondary N) is 1. The minimum Gasteiger partial charge on any atom is -0.489 e. The Kier molecular flexibility index (Phi) is 7.48. The first kappa shape index (κ1) is 25.4. The molecule has 1 N–H and O–H groups in total. The number of ketones is 1. The maximum atomic E-state index is 12.5. The number of esters is 1. The van der Waals surface area contributed by atoms with E-state index in [1.807, 2.05) is 13.0 Å². The third kappa shape index (κ3) is 6.29. The van der Waals surface area contributed by atoms with Crippen molar-refractivity contribution in [3.05, 3.63) is 105 Å². The predicted octanol–water partition coefficient (Wildman–Crippen LogP) is 5.07. The van der Waals surface area contributed by atoms with Gasteiger partial charge in [-0.15, -0.1) is 0 Å². The van der Waals surface area contributed by atoms with Crippen LogP contribution in [0.25, 0.3) is 11.0 Å². The fraction of sp³-hybridized carbons (Fsp3) is 0.172. The summed E-state index contributed by atoms with van der Waals surface area (Å²) in [6.07, 6.45) is -1.05. The Hall–Kier alpha value is -4.72. The number of aryl methyl sites for hydroxylation is 1. The summed E-state index contributed by atoms with van der Waals surface area (Å²) in [7, 11) is 0. The van der Waals surface area contributed by atoms with Crippen LogP contribution in [0.15, 0.2) is 82.0 Å². The zero-order valence-corrected chi connectivity index (χ0v) is 20.6. The summed E-state index contributed by atoms with van der Waals surface area (Å²) in [4.78, 5) is 48.1. The molecule has 0 bridgehead atoms. The fourth-order valence-electron chi connectivity index (χ4n) is 3.64. The van der Waals surface area contributed by atoms with Gasteiger partial charge in [0.05, 0.1) is 5.56 Å². The first-order chi connectivity index (χ1) is 17.7. The summed E-state index contributed by atoms with van der Waals surface area (Å²) < 4.78 is 16.3. The van der Waals surface area contributed by atoms with Gasteiger partial charge in [-0.2, -0.15) is 0 Å². The summed E-state index contributed by atoms with van der Waals surface area (Å²) in [6.45, 7) is 4.98. The van der Waals surface area contributed by atoms with Gasteiger partial charge in [-0.25, -0.2) is 9.59 Å². The third-order valence-corrected chi connectivity index (χ3v) is 5.71. The van der Waals surface area contributed by atoms with Crippen molar-refractivity contribution >= 4 is 34.3 Å². The minimum absolute atomic E-state index is 0.120. The number of carbonyl (C=O) groups excluding carboxylic acids is 3. The van der Waals surface area contributed by atoms with Crippen molar-refractivity contribution < 1.29 is 28.3 Å². The first-order valence-electron chi connectivity index (χ1n) is 11.6. The molecule has 3 aromatic carbocycles. The quantitative estimate of drug-likeness (QED) is 0.205. The highest BCUT2D eigenvalue weighted by Gasteiger charge is 2.19. The van der Waals surface area contributed by atoms with Crippen LogP contribution in [0.4, 0.5) is 5.69 Å². The Labute approximate surface area is 212 Å². The molecule has 1 aromatic heterocycles. The molecule has 8 heteroatoms. The molecule has 37 heavy (non-hydrogen) atoms. The van der Waals surface area contributed by atoms with E-state index in [2.05, 4.69) is 5.32 Å². The molecule has 1 heterocycles. The van der Waals surface area contributed by atoms with Crippen molar-refractivity contribution in [2.24, 2.45) is 0 Å². The monoisotopic (exact) mass is 499 g/mol. The van der Waals surface area contributed by atoms with Gasteiger partial charge < -0.3 is 19.2 Å². The maximum absolute atomic E-state index is 12.5. The lowest BCUT2D eigenvalue weighted by Crippen LogP contribution is -2.30. The van der Waals surface area contributed by atoms with Crippen LogP contribution in [-0.2, 0) is 16.1 Å². The van der Waals surface area contributed by atoms with Gasteiger partial charge >= 0.3 is 11.6 Å². The number of rotatable bonds is 8. The number of fused-ring (bicyclic) bond motifs is 1. The van der Waals surface area contributed by atoms with Crippen molar-refractivity contribution in [1.29, 1.82) is 0 Å². The molecule has 0 saturated carbocycles. The van der Waals surface area contributed by atoms with Crippen LogP contribution in [0.5, 0.6) is 5.75 Å². The van der Waals surface area contributed by atoms with E-state index in [1.165, 1.54) is 19.9 Å². The van der Waals surface area contributed by atoms with E-state index >= 15 is 0 Å². The molecule has 1 atom stereocenters. The van der Waals surface area contributed by atoms with E-state index < -0.39 is 23.6 Å². The van der Waals surface area contributed by atoms with E-state index in [1.54, 1.807) is 60.7 Å². The molecule has 0 radical (unpaired) electrons. The summed E-state index contributed by atoms with van der Waals surface area (Å²) in [6, 6.07) is 19.9. The van der Waals surface area contributed by atoms with Crippen LogP contribution in [0.3, 0.4) is 0 Å². The standard InChI is InChI=1S/C29H25NO7/c1-17-13-27(32)37-26-15-24(11-12-25(17)26)35-16-20-7-9-21(10-8-20)29(34)36-19(3)28(33)30-23-6-4-5-22(14-23)18(2)31/h4-15,19H,16H2,1-3H3,(H,30,33). The second kappa shape index (κ2) is 10.9. The van der Waals surface area contributed by atoms with Crippen LogP contribution in [-0.4, -0.2) is 23.8 Å². The SMILES string of the molecule is CC(=O)c1cccc(NC(=O)C(C)OC(=O)c2ccc(COc3ccc4c(C)cc(=O)oc4c3)cc2)c1. The zero-order valence-electron chi connectivity index (χ0n) is 20.6. The molecular formula is C29H25NO7. The fourth-order valence-corrected chi connectivity index (χ4v) is 3.64. The predicted molar refractivity (Wildman–Crippen MR) is 138 cm³/mol. The summed E-state index contributed by atoms with van der Waals surface area (Å²) in [5.41, 5.74) is 2.85. The second-order valence-corrected chi connectivity index (χ2v) is 8.57. The molecule has 0 aliphatic rings. The number of hydrogen-bond donors (Lipinski definition) is 1. The molecule has 0 spiro atoms. The number of carbonyl (C=O) groups is 3. The van der Waals surface area contributed by atoms with E-state index in [4.69, 9.17) is 13.9 Å². The van der Waals surface area contributed by atoms with Crippen molar-refractivity contribution in [1.82, 2.24) is 0 Å². The molecule has 0 aliphatic carbocycles. The summed E-state index contributed by atoms with van der Waals surface area (Å²) in [5, 5.41) is 3.48. The van der Waals surface area contributed by atoms with Gasteiger partial charge in [-0.3, -0.25) is 9.59 Å². The van der Waals surface area contributed by atoms with E-state index in [0.29, 0.717) is 22.6 Å². The van der Waals surface area contributed by atoms with Gasteiger partial charge in [0.1, 0.15) is 17.9 Å². The van der Waals surface area contributed by atoms with Gasteiger partial charge in [-0.05, 0) is 68.3 Å². The summed E-state index contributed by atoms with van der Waals surface area (Å²) >= 11 is 0. The van der Waals surface area contributed by atoms with Gasteiger partial charge in [0, 0.05) is 28.8 Å². The van der Waals surface area contributed by atoms with Crippen molar-refractivity contribution in [2.75, 3.05) is 5.32 Å². The minimum atomic E-state index is -1.05. The van der Waals surface area contributed by atoms with Gasteiger partial charge in [0.2, 0.25) is 0 Å². The molecular weight excluding hydrogens is 474 g/mol. The number of anilines is 1. The van der Waals surface area contributed by atoms with Gasteiger partial charge in [0.25, 0.3) is 5.91 Å².